The number of carbonyl (C=O) groups excluding carboxylic acids is 2. The quantitative estimate of drug-likeness (QED) is 0.690. The zero-order valence-corrected chi connectivity index (χ0v) is 15.7. The fourth-order valence-corrected chi connectivity index (χ4v) is 3.76. The molecule has 2 N–H and O–H groups in total. The first-order chi connectivity index (χ1) is 13.6. The Kier molecular flexibility index (Phi) is 5.16. The fourth-order valence-electron chi connectivity index (χ4n) is 3.24. The molecule has 2 aromatic heterocycles. The molecule has 4 rings (SSSR count). The van der Waals surface area contributed by atoms with Crippen molar-refractivity contribution in [3.05, 3.63) is 64.7 Å². The Balaban J connectivity index is 1.35. The molecule has 1 aromatic carbocycles. The van der Waals surface area contributed by atoms with Crippen molar-refractivity contribution in [3.8, 4) is 0 Å². The van der Waals surface area contributed by atoms with Gasteiger partial charge in [-0.1, -0.05) is 12.1 Å². The Morgan fingerprint density at radius 3 is 2.89 bits per heavy atom. The van der Waals surface area contributed by atoms with E-state index in [0.717, 1.165) is 17.7 Å². The summed E-state index contributed by atoms with van der Waals surface area (Å²) < 4.78 is 13.0. The predicted molar refractivity (Wildman–Crippen MR) is 103 cm³/mol. The summed E-state index contributed by atoms with van der Waals surface area (Å²) in [6.07, 6.45) is 2.66. The number of thiazole rings is 1. The number of amides is 2. The highest BCUT2D eigenvalue weighted by atomic mass is 32.1. The van der Waals surface area contributed by atoms with Gasteiger partial charge < -0.3 is 4.90 Å². The van der Waals surface area contributed by atoms with Gasteiger partial charge in [0.15, 0.2) is 10.8 Å². The smallest absolute Gasteiger partial charge is 0.277 e. The minimum atomic E-state index is -0.320. The normalized spacial score (nSPS) is 16.3. The summed E-state index contributed by atoms with van der Waals surface area (Å²) in [7, 11) is 0. The average Bonchev–Trinajstić information content (AvgIpc) is 3.44. The number of hydrogen-bond donors (Lipinski definition) is 2. The molecule has 0 saturated carbocycles. The average molecular weight is 399 g/mol. The standard InChI is InChI=1S/C19H18FN5O2S/c20-14-3-1-12(2-4-14)9-17(26)25-7-5-13(11-25)15-10-16(24-23-15)18(27)22-19-21-6-8-28-19/h1-4,6,8,10,13H,5,7,9,11H2,(H,23,24)(H,21,22,27)/t13-/m1/s1. The number of rotatable bonds is 5. The first kappa shape index (κ1) is 18.3. The summed E-state index contributed by atoms with van der Waals surface area (Å²) in [5.74, 6) is -0.521. The van der Waals surface area contributed by atoms with E-state index >= 15 is 0 Å². The SMILES string of the molecule is O=C(Nc1nccs1)c1cc([C@@H]2CCN(C(=O)Cc3ccc(F)cc3)C2)[nH]n1. The van der Waals surface area contributed by atoms with Gasteiger partial charge in [-0.3, -0.25) is 20.0 Å². The summed E-state index contributed by atoms with van der Waals surface area (Å²) in [4.78, 5) is 30.5. The van der Waals surface area contributed by atoms with Gasteiger partial charge in [-0.2, -0.15) is 5.10 Å². The van der Waals surface area contributed by atoms with E-state index in [9.17, 15) is 14.0 Å². The third-order valence-corrected chi connectivity index (χ3v) is 5.42. The van der Waals surface area contributed by atoms with E-state index in [1.807, 2.05) is 0 Å². The maximum atomic E-state index is 13.0. The molecule has 0 bridgehead atoms. The van der Waals surface area contributed by atoms with Crippen LogP contribution in [0, 0.1) is 5.82 Å². The fraction of sp³-hybridized carbons (Fsp3) is 0.263. The summed E-state index contributed by atoms with van der Waals surface area (Å²) in [6.45, 7) is 1.21. The molecule has 1 atom stereocenters. The van der Waals surface area contributed by atoms with Crippen molar-refractivity contribution in [3.63, 3.8) is 0 Å². The third-order valence-electron chi connectivity index (χ3n) is 4.73. The zero-order valence-electron chi connectivity index (χ0n) is 14.9. The molecule has 1 fully saturated rings. The summed E-state index contributed by atoms with van der Waals surface area (Å²) in [5, 5.41) is 12.0. The molecule has 1 saturated heterocycles. The second kappa shape index (κ2) is 7.89. The Labute approximate surface area is 164 Å². The molecule has 0 spiro atoms. The Morgan fingerprint density at radius 2 is 2.14 bits per heavy atom. The highest BCUT2D eigenvalue weighted by molar-refractivity contribution is 7.13. The number of anilines is 1. The van der Waals surface area contributed by atoms with Crippen LogP contribution in [0.5, 0.6) is 0 Å². The lowest BCUT2D eigenvalue weighted by atomic mass is 10.0. The van der Waals surface area contributed by atoms with Crippen LogP contribution in [-0.4, -0.2) is 45.0 Å². The van der Waals surface area contributed by atoms with Crippen LogP contribution in [0.15, 0.2) is 41.9 Å². The van der Waals surface area contributed by atoms with E-state index in [1.165, 1.54) is 23.5 Å². The molecule has 1 aliphatic rings. The minimum absolute atomic E-state index is 0.00959. The first-order valence-corrected chi connectivity index (χ1v) is 9.75. The number of aromatic amines is 1. The second-order valence-corrected chi connectivity index (χ2v) is 7.52. The van der Waals surface area contributed by atoms with Gasteiger partial charge in [0, 0.05) is 36.3 Å². The molecule has 2 amide bonds. The predicted octanol–water partition coefficient (Wildman–Crippen LogP) is 2.82. The molecule has 0 aliphatic carbocycles. The van der Waals surface area contributed by atoms with Gasteiger partial charge in [-0.05, 0) is 30.2 Å². The van der Waals surface area contributed by atoms with Gasteiger partial charge >= 0.3 is 0 Å². The van der Waals surface area contributed by atoms with Crippen LogP contribution in [0.3, 0.4) is 0 Å². The topological polar surface area (TPSA) is 91.0 Å². The number of nitrogens with one attached hydrogen (secondary N) is 2. The van der Waals surface area contributed by atoms with Crippen molar-refractivity contribution < 1.29 is 14.0 Å². The maximum absolute atomic E-state index is 13.0. The van der Waals surface area contributed by atoms with Crippen LogP contribution in [0.2, 0.25) is 0 Å². The molecule has 0 unspecified atom stereocenters. The molecule has 144 valence electrons. The van der Waals surface area contributed by atoms with Crippen molar-refractivity contribution in [1.82, 2.24) is 20.1 Å². The molecular formula is C19H18FN5O2S. The van der Waals surface area contributed by atoms with E-state index in [4.69, 9.17) is 0 Å². The van der Waals surface area contributed by atoms with Crippen LogP contribution in [-0.2, 0) is 11.2 Å². The number of benzene rings is 1. The zero-order chi connectivity index (χ0) is 19.5. The second-order valence-electron chi connectivity index (χ2n) is 6.63. The van der Waals surface area contributed by atoms with E-state index in [0.29, 0.717) is 23.9 Å². The maximum Gasteiger partial charge on any atom is 0.277 e. The van der Waals surface area contributed by atoms with Crippen LogP contribution in [0.25, 0.3) is 0 Å². The van der Waals surface area contributed by atoms with Gasteiger partial charge in [0.2, 0.25) is 5.91 Å². The molecular weight excluding hydrogens is 381 g/mol. The number of hydrogen-bond acceptors (Lipinski definition) is 5. The Bertz CT molecular complexity index is 971. The monoisotopic (exact) mass is 399 g/mol. The number of H-pyrrole nitrogens is 1. The van der Waals surface area contributed by atoms with Gasteiger partial charge in [0.1, 0.15) is 5.82 Å². The number of carbonyl (C=O) groups is 2. The van der Waals surface area contributed by atoms with Crippen molar-refractivity contribution in [2.45, 2.75) is 18.8 Å². The van der Waals surface area contributed by atoms with Gasteiger partial charge in [-0.25, -0.2) is 9.37 Å². The van der Waals surface area contributed by atoms with Crippen molar-refractivity contribution in [2.75, 3.05) is 18.4 Å². The van der Waals surface area contributed by atoms with E-state index in [-0.39, 0.29) is 30.0 Å². The van der Waals surface area contributed by atoms with E-state index < -0.39 is 0 Å². The van der Waals surface area contributed by atoms with Crippen molar-refractivity contribution in [2.24, 2.45) is 0 Å². The van der Waals surface area contributed by atoms with Gasteiger partial charge in [0.05, 0.1) is 6.42 Å². The Hall–Kier alpha value is -3.07. The third kappa shape index (κ3) is 4.09. The van der Waals surface area contributed by atoms with Gasteiger partial charge in [0.25, 0.3) is 5.91 Å². The summed E-state index contributed by atoms with van der Waals surface area (Å²) in [5.41, 5.74) is 1.92. The minimum Gasteiger partial charge on any atom is -0.342 e. The van der Waals surface area contributed by atoms with Crippen molar-refractivity contribution in [1.29, 1.82) is 0 Å². The van der Waals surface area contributed by atoms with E-state index in [1.54, 1.807) is 34.7 Å². The number of halogens is 1. The summed E-state index contributed by atoms with van der Waals surface area (Å²) in [6, 6.07) is 7.70. The molecule has 7 nitrogen and oxygen atoms in total. The lowest BCUT2D eigenvalue weighted by Crippen LogP contribution is -2.29. The molecule has 9 heteroatoms. The molecule has 28 heavy (non-hydrogen) atoms. The summed E-state index contributed by atoms with van der Waals surface area (Å²) >= 11 is 1.34. The van der Waals surface area contributed by atoms with Crippen molar-refractivity contribution >= 4 is 28.3 Å². The first-order valence-electron chi connectivity index (χ1n) is 8.87. The Morgan fingerprint density at radius 1 is 1.32 bits per heavy atom. The van der Waals surface area contributed by atoms with Crippen LogP contribution in [0.4, 0.5) is 9.52 Å². The highest BCUT2D eigenvalue weighted by Crippen LogP contribution is 2.27. The number of nitrogens with zero attached hydrogens (tertiary/aromatic N) is 3. The van der Waals surface area contributed by atoms with Gasteiger partial charge in [-0.15, -0.1) is 11.3 Å². The van der Waals surface area contributed by atoms with Crippen LogP contribution in [0.1, 0.15) is 34.1 Å². The number of aromatic nitrogens is 3. The lowest BCUT2D eigenvalue weighted by Gasteiger charge is -2.16. The van der Waals surface area contributed by atoms with Crippen LogP contribution < -0.4 is 5.32 Å². The highest BCUT2D eigenvalue weighted by Gasteiger charge is 2.29. The molecule has 0 radical (unpaired) electrons. The number of likely N-dealkylation sites (tertiary alicyclic amines) is 1. The molecule has 3 aromatic rings. The lowest BCUT2D eigenvalue weighted by molar-refractivity contribution is -0.129. The molecule has 3 heterocycles. The van der Waals surface area contributed by atoms with E-state index in [2.05, 4.69) is 20.5 Å². The molecule has 1 aliphatic heterocycles. The van der Waals surface area contributed by atoms with Crippen LogP contribution >= 0.6 is 11.3 Å². The largest absolute Gasteiger partial charge is 0.342 e.